The molecule has 1 heterocycles. The molecule has 4 N–H and O–H groups in total. The zero-order chi connectivity index (χ0) is 14.7. The third kappa shape index (κ3) is 3.36. The summed E-state index contributed by atoms with van der Waals surface area (Å²) in [6.07, 6.45) is 0. The normalized spacial score (nSPS) is 10.2. The van der Waals surface area contributed by atoms with Gasteiger partial charge in [0.1, 0.15) is 16.8 Å². The van der Waals surface area contributed by atoms with E-state index in [1.807, 2.05) is 0 Å². The van der Waals surface area contributed by atoms with E-state index in [-0.39, 0.29) is 27.2 Å². The van der Waals surface area contributed by atoms with Crippen molar-refractivity contribution in [3.63, 3.8) is 0 Å². The number of nitrogens with two attached hydrogens (primary N) is 1. The van der Waals surface area contributed by atoms with Gasteiger partial charge in [-0.3, -0.25) is 4.79 Å². The van der Waals surface area contributed by atoms with Crippen LogP contribution in [0.25, 0.3) is 0 Å². The van der Waals surface area contributed by atoms with Gasteiger partial charge in [0, 0.05) is 10.6 Å². The zero-order valence-corrected chi connectivity index (χ0v) is 11.5. The van der Waals surface area contributed by atoms with Crippen molar-refractivity contribution in [2.75, 3.05) is 10.7 Å². The fourth-order valence-electron chi connectivity index (χ4n) is 1.49. The molecule has 0 fully saturated rings. The van der Waals surface area contributed by atoms with E-state index in [0.29, 0.717) is 0 Å². The monoisotopic (exact) mass is 314 g/mol. The molecule has 0 atom stereocenters. The number of hydrazine groups is 1. The summed E-state index contributed by atoms with van der Waals surface area (Å²) in [4.78, 5) is 15.8. The number of nitrogen functional groups attached to an aromatic ring is 1. The first-order valence-corrected chi connectivity index (χ1v) is 6.16. The quantitative estimate of drug-likeness (QED) is 0.462. The molecule has 0 aliphatic heterocycles. The predicted octanol–water partition coefficient (Wildman–Crippen LogP) is 3.07. The summed E-state index contributed by atoms with van der Waals surface area (Å²) in [5.74, 6) is 4.24. The van der Waals surface area contributed by atoms with E-state index in [2.05, 4.69) is 15.7 Å². The maximum absolute atomic E-state index is 13.6. The number of halogens is 3. The molecule has 0 saturated heterocycles. The van der Waals surface area contributed by atoms with Gasteiger partial charge < -0.3 is 10.7 Å². The molecule has 0 aliphatic rings. The Kier molecular flexibility index (Phi) is 4.39. The molecule has 0 saturated carbocycles. The maximum atomic E-state index is 13.6. The Labute approximate surface area is 123 Å². The van der Waals surface area contributed by atoms with E-state index in [4.69, 9.17) is 29.0 Å². The topological polar surface area (TPSA) is 80.0 Å². The van der Waals surface area contributed by atoms with E-state index >= 15 is 0 Å². The lowest BCUT2D eigenvalue weighted by Gasteiger charge is -2.08. The van der Waals surface area contributed by atoms with Crippen molar-refractivity contribution >= 4 is 40.6 Å². The van der Waals surface area contributed by atoms with Gasteiger partial charge in [-0.2, -0.15) is 0 Å². The Morgan fingerprint density at radius 3 is 2.65 bits per heavy atom. The van der Waals surface area contributed by atoms with Crippen LogP contribution in [0, 0.1) is 5.82 Å². The van der Waals surface area contributed by atoms with Crippen molar-refractivity contribution in [2.45, 2.75) is 0 Å². The van der Waals surface area contributed by atoms with Crippen LogP contribution in [-0.4, -0.2) is 10.9 Å². The van der Waals surface area contributed by atoms with Crippen LogP contribution in [-0.2, 0) is 0 Å². The fraction of sp³-hybridized carbons (Fsp3) is 0. The van der Waals surface area contributed by atoms with E-state index < -0.39 is 11.7 Å². The number of amides is 1. The number of hydrogen-bond acceptors (Lipinski definition) is 4. The van der Waals surface area contributed by atoms with Gasteiger partial charge in [-0.1, -0.05) is 23.2 Å². The van der Waals surface area contributed by atoms with Gasteiger partial charge in [0.25, 0.3) is 5.91 Å². The summed E-state index contributed by atoms with van der Waals surface area (Å²) in [6, 6.07) is 6.65. The lowest BCUT2D eigenvalue weighted by Crippen LogP contribution is -2.15. The summed E-state index contributed by atoms with van der Waals surface area (Å²) in [5, 5.41) is 2.73. The highest BCUT2D eigenvalue weighted by Gasteiger charge is 2.12. The van der Waals surface area contributed by atoms with Gasteiger partial charge >= 0.3 is 0 Å². The minimum atomic E-state index is -0.636. The molecule has 1 aromatic carbocycles. The lowest BCUT2D eigenvalue weighted by molar-refractivity contribution is 0.102. The average Bonchev–Trinajstić information content (AvgIpc) is 2.41. The Balaban J connectivity index is 2.26. The zero-order valence-electron chi connectivity index (χ0n) is 9.95. The van der Waals surface area contributed by atoms with Crippen LogP contribution in [0.4, 0.5) is 15.9 Å². The molecular weight excluding hydrogens is 306 g/mol. The molecule has 2 aromatic rings. The highest BCUT2D eigenvalue weighted by atomic mass is 35.5. The minimum absolute atomic E-state index is 0.00888. The van der Waals surface area contributed by atoms with E-state index in [1.165, 1.54) is 24.3 Å². The molecule has 0 aliphatic carbocycles. The summed E-state index contributed by atoms with van der Waals surface area (Å²) in [7, 11) is 0. The van der Waals surface area contributed by atoms with E-state index in [1.54, 1.807) is 0 Å². The van der Waals surface area contributed by atoms with Crippen LogP contribution in [0.2, 0.25) is 10.2 Å². The number of nitrogens with zero attached hydrogens (tertiary/aromatic N) is 1. The van der Waals surface area contributed by atoms with Crippen molar-refractivity contribution in [1.82, 2.24) is 4.98 Å². The Hall–Kier alpha value is -1.89. The second-order valence-corrected chi connectivity index (χ2v) is 4.61. The van der Waals surface area contributed by atoms with Crippen LogP contribution < -0.4 is 16.6 Å². The standard InChI is InChI=1S/C12H9Cl2FN4O/c13-7-1-2-9(8(15)5-7)17-12(20)6-3-10(14)18-11(4-6)19-16/h1-5H,16H2,(H,17,20)(H,18,19). The fourth-order valence-corrected chi connectivity index (χ4v) is 1.85. The summed E-state index contributed by atoms with van der Waals surface area (Å²) in [6.45, 7) is 0. The number of anilines is 2. The van der Waals surface area contributed by atoms with Gasteiger partial charge in [0.15, 0.2) is 0 Å². The summed E-state index contributed by atoms with van der Waals surface area (Å²) < 4.78 is 13.6. The van der Waals surface area contributed by atoms with Crippen molar-refractivity contribution in [2.24, 2.45) is 5.84 Å². The molecule has 2 rings (SSSR count). The molecule has 0 radical (unpaired) electrons. The molecule has 1 amide bonds. The van der Waals surface area contributed by atoms with Gasteiger partial charge in [0.05, 0.1) is 5.69 Å². The van der Waals surface area contributed by atoms with Gasteiger partial charge in [-0.15, -0.1) is 0 Å². The smallest absolute Gasteiger partial charge is 0.255 e. The number of rotatable bonds is 3. The first kappa shape index (κ1) is 14.5. The highest BCUT2D eigenvalue weighted by Crippen LogP contribution is 2.20. The molecule has 0 bridgehead atoms. The highest BCUT2D eigenvalue weighted by molar-refractivity contribution is 6.30. The number of hydrogen-bond donors (Lipinski definition) is 3. The molecule has 0 unspecified atom stereocenters. The second kappa shape index (κ2) is 6.04. The number of nitrogens with one attached hydrogen (secondary N) is 2. The van der Waals surface area contributed by atoms with Gasteiger partial charge in [-0.25, -0.2) is 15.2 Å². The third-order valence-electron chi connectivity index (χ3n) is 2.38. The van der Waals surface area contributed by atoms with Crippen LogP contribution in [0.1, 0.15) is 10.4 Å². The molecule has 20 heavy (non-hydrogen) atoms. The largest absolute Gasteiger partial charge is 0.319 e. The Bertz CT molecular complexity index is 666. The Morgan fingerprint density at radius 2 is 2.00 bits per heavy atom. The van der Waals surface area contributed by atoms with Crippen LogP contribution >= 0.6 is 23.2 Å². The molecule has 8 heteroatoms. The lowest BCUT2D eigenvalue weighted by atomic mass is 10.2. The van der Waals surface area contributed by atoms with Crippen molar-refractivity contribution in [3.05, 3.63) is 51.9 Å². The first-order valence-electron chi connectivity index (χ1n) is 5.40. The van der Waals surface area contributed by atoms with Crippen LogP contribution in [0.15, 0.2) is 30.3 Å². The number of benzene rings is 1. The van der Waals surface area contributed by atoms with Gasteiger partial charge in [-0.05, 0) is 30.3 Å². The van der Waals surface area contributed by atoms with E-state index in [9.17, 15) is 9.18 Å². The molecule has 5 nitrogen and oxygen atoms in total. The third-order valence-corrected chi connectivity index (χ3v) is 2.81. The number of pyridine rings is 1. The Morgan fingerprint density at radius 1 is 1.25 bits per heavy atom. The molecule has 0 spiro atoms. The van der Waals surface area contributed by atoms with Crippen molar-refractivity contribution in [3.8, 4) is 0 Å². The summed E-state index contributed by atoms with van der Waals surface area (Å²) >= 11 is 11.4. The first-order chi connectivity index (χ1) is 9.49. The van der Waals surface area contributed by atoms with E-state index in [0.717, 1.165) is 6.07 Å². The number of carbonyl (C=O) groups excluding carboxylic acids is 1. The number of carbonyl (C=O) groups is 1. The summed E-state index contributed by atoms with van der Waals surface area (Å²) in [5.41, 5.74) is 2.47. The predicted molar refractivity (Wildman–Crippen MR) is 76.4 cm³/mol. The van der Waals surface area contributed by atoms with Crippen molar-refractivity contribution in [1.29, 1.82) is 0 Å². The molecule has 1 aromatic heterocycles. The van der Waals surface area contributed by atoms with Crippen LogP contribution in [0.5, 0.6) is 0 Å². The maximum Gasteiger partial charge on any atom is 0.255 e. The average molecular weight is 315 g/mol. The minimum Gasteiger partial charge on any atom is -0.319 e. The van der Waals surface area contributed by atoms with Crippen LogP contribution in [0.3, 0.4) is 0 Å². The molecule has 104 valence electrons. The molecular formula is C12H9Cl2FN4O. The number of aromatic nitrogens is 1. The second-order valence-electron chi connectivity index (χ2n) is 3.79. The van der Waals surface area contributed by atoms with Gasteiger partial charge in [0.2, 0.25) is 0 Å². The van der Waals surface area contributed by atoms with Crippen molar-refractivity contribution < 1.29 is 9.18 Å². The SMILES string of the molecule is NNc1cc(C(=O)Nc2ccc(Cl)cc2F)cc(Cl)n1.